The smallest absolute Gasteiger partial charge is 0.257 e. The number of anilines is 1. The predicted octanol–water partition coefficient (Wildman–Crippen LogP) is 1.71. The van der Waals surface area contributed by atoms with E-state index in [-0.39, 0.29) is 12.5 Å². The first-order valence-electron chi connectivity index (χ1n) is 7.52. The van der Waals surface area contributed by atoms with E-state index in [0.717, 1.165) is 25.2 Å². The molecule has 116 valence electrons. The monoisotopic (exact) mass is 291 g/mol. The molecule has 1 aliphatic rings. The van der Waals surface area contributed by atoms with Gasteiger partial charge in [-0.2, -0.15) is 0 Å². The lowest BCUT2D eigenvalue weighted by molar-refractivity contribution is -0.122. The van der Waals surface area contributed by atoms with Crippen LogP contribution in [0.4, 0.5) is 5.69 Å². The number of hydrogen-bond donors (Lipinski definition) is 2. The quantitative estimate of drug-likeness (QED) is 0.838. The summed E-state index contributed by atoms with van der Waals surface area (Å²) in [5.41, 5.74) is 1.04. The van der Waals surface area contributed by atoms with Crippen molar-refractivity contribution >= 4 is 11.6 Å². The molecule has 1 unspecified atom stereocenters. The Balaban J connectivity index is 1.88. The second kappa shape index (κ2) is 7.31. The highest BCUT2D eigenvalue weighted by Crippen LogP contribution is 2.21. The lowest BCUT2D eigenvalue weighted by Crippen LogP contribution is -2.31. The van der Waals surface area contributed by atoms with Crippen LogP contribution < -0.4 is 15.4 Å². The van der Waals surface area contributed by atoms with E-state index in [1.807, 2.05) is 24.3 Å². The van der Waals surface area contributed by atoms with E-state index in [2.05, 4.69) is 29.4 Å². The van der Waals surface area contributed by atoms with E-state index in [1.54, 1.807) is 7.05 Å². The van der Waals surface area contributed by atoms with Crippen molar-refractivity contribution in [2.24, 2.45) is 0 Å². The number of likely N-dealkylation sites (tertiary alicyclic amines) is 1. The molecule has 1 amide bonds. The molecule has 0 spiro atoms. The molecular weight excluding hydrogens is 266 g/mol. The van der Waals surface area contributed by atoms with Crippen molar-refractivity contribution in [3.05, 3.63) is 24.3 Å². The minimum Gasteiger partial charge on any atom is -0.484 e. The van der Waals surface area contributed by atoms with Crippen molar-refractivity contribution in [2.45, 2.75) is 32.4 Å². The normalized spacial score (nSPS) is 18.8. The van der Waals surface area contributed by atoms with Gasteiger partial charge in [0.25, 0.3) is 5.91 Å². The molecule has 0 aliphatic carbocycles. The Kier molecular flexibility index (Phi) is 5.44. The largest absolute Gasteiger partial charge is 0.484 e. The molecule has 1 fully saturated rings. The van der Waals surface area contributed by atoms with Gasteiger partial charge in [-0.3, -0.25) is 9.69 Å². The van der Waals surface area contributed by atoms with Crippen molar-refractivity contribution in [3.8, 4) is 5.75 Å². The van der Waals surface area contributed by atoms with Crippen molar-refractivity contribution in [1.29, 1.82) is 0 Å². The highest BCUT2D eigenvalue weighted by molar-refractivity contribution is 5.77. The summed E-state index contributed by atoms with van der Waals surface area (Å²) in [6.45, 7) is 6.72. The molecule has 1 aromatic rings. The molecular formula is C16H25N3O2. The number of likely N-dealkylation sites (N-methyl/N-ethyl adjacent to an activating group) is 1. The molecule has 2 N–H and O–H groups in total. The first-order valence-corrected chi connectivity index (χ1v) is 7.52. The lowest BCUT2D eigenvalue weighted by Gasteiger charge is -2.21. The van der Waals surface area contributed by atoms with Crippen molar-refractivity contribution in [2.75, 3.05) is 32.1 Å². The van der Waals surface area contributed by atoms with E-state index in [0.29, 0.717) is 17.8 Å². The number of hydrogen-bond acceptors (Lipinski definition) is 4. The standard InChI is InChI=1S/C16H25N3O2/c1-12(2)19-8-7-14(10-19)18-13-5-4-6-15(9-13)21-11-16(20)17-3/h4-6,9,12,14,18H,7-8,10-11H2,1-3H3,(H,17,20). The first kappa shape index (κ1) is 15.6. The molecule has 5 nitrogen and oxygen atoms in total. The maximum Gasteiger partial charge on any atom is 0.257 e. The van der Waals surface area contributed by atoms with E-state index in [4.69, 9.17) is 4.74 Å². The fourth-order valence-electron chi connectivity index (χ4n) is 2.51. The molecule has 1 heterocycles. The van der Waals surface area contributed by atoms with Crippen LogP contribution in [-0.2, 0) is 4.79 Å². The van der Waals surface area contributed by atoms with Gasteiger partial charge in [-0.15, -0.1) is 0 Å². The number of benzene rings is 1. The van der Waals surface area contributed by atoms with Gasteiger partial charge in [-0.25, -0.2) is 0 Å². The van der Waals surface area contributed by atoms with Crippen LogP contribution in [0.25, 0.3) is 0 Å². The molecule has 5 heteroatoms. The zero-order chi connectivity index (χ0) is 15.2. The van der Waals surface area contributed by atoms with Crippen molar-refractivity contribution in [1.82, 2.24) is 10.2 Å². The van der Waals surface area contributed by atoms with Crippen LogP contribution >= 0.6 is 0 Å². The highest BCUT2D eigenvalue weighted by atomic mass is 16.5. The molecule has 0 radical (unpaired) electrons. The van der Waals surface area contributed by atoms with Crippen LogP contribution in [0.5, 0.6) is 5.75 Å². The molecule has 0 aromatic heterocycles. The fourth-order valence-corrected chi connectivity index (χ4v) is 2.51. The van der Waals surface area contributed by atoms with E-state index in [9.17, 15) is 4.79 Å². The number of ether oxygens (including phenoxy) is 1. The summed E-state index contributed by atoms with van der Waals surface area (Å²) in [6, 6.07) is 8.85. The van der Waals surface area contributed by atoms with Gasteiger partial charge in [0, 0.05) is 44.0 Å². The zero-order valence-electron chi connectivity index (χ0n) is 13.1. The Morgan fingerprint density at radius 1 is 1.48 bits per heavy atom. The van der Waals surface area contributed by atoms with Gasteiger partial charge in [-0.05, 0) is 32.4 Å². The average molecular weight is 291 g/mol. The zero-order valence-corrected chi connectivity index (χ0v) is 13.1. The second-order valence-electron chi connectivity index (χ2n) is 5.71. The molecule has 1 aromatic carbocycles. The summed E-state index contributed by atoms with van der Waals surface area (Å²) < 4.78 is 5.46. The number of carbonyl (C=O) groups excluding carboxylic acids is 1. The minimum absolute atomic E-state index is 0.0461. The molecule has 21 heavy (non-hydrogen) atoms. The summed E-state index contributed by atoms with van der Waals surface area (Å²) in [7, 11) is 1.60. The van der Waals surface area contributed by atoms with Gasteiger partial charge in [0.15, 0.2) is 6.61 Å². The Hall–Kier alpha value is -1.75. The third-order valence-corrected chi connectivity index (χ3v) is 3.80. The third kappa shape index (κ3) is 4.63. The van der Waals surface area contributed by atoms with Crippen LogP contribution in [0.15, 0.2) is 24.3 Å². The van der Waals surface area contributed by atoms with Crippen LogP contribution in [0, 0.1) is 0 Å². The summed E-state index contributed by atoms with van der Waals surface area (Å²) in [4.78, 5) is 13.7. The average Bonchev–Trinajstić information content (AvgIpc) is 2.94. The second-order valence-corrected chi connectivity index (χ2v) is 5.71. The first-order chi connectivity index (χ1) is 10.1. The molecule has 1 saturated heterocycles. The van der Waals surface area contributed by atoms with Gasteiger partial charge in [-0.1, -0.05) is 6.07 Å². The summed E-state index contributed by atoms with van der Waals surface area (Å²) >= 11 is 0. The number of amides is 1. The Bertz CT molecular complexity index is 476. The summed E-state index contributed by atoms with van der Waals surface area (Å²) in [6.07, 6.45) is 1.15. The summed E-state index contributed by atoms with van der Waals surface area (Å²) in [5, 5.41) is 6.08. The number of carbonyl (C=O) groups is 1. The number of rotatable bonds is 6. The van der Waals surface area contributed by atoms with Gasteiger partial charge in [0.1, 0.15) is 5.75 Å². The molecule has 1 aliphatic heterocycles. The SMILES string of the molecule is CNC(=O)COc1cccc(NC2CCN(C(C)C)C2)c1. The van der Waals surface area contributed by atoms with Gasteiger partial charge < -0.3 is 15.4 Å². The van der Waals surface area contributed by atoms with E-state index < -0.39 is 0 Å². The fraction of sp³-hybridized carbons (Fsp3) is 0.562. The molecule has 2 rings (SSSR count). The maximum atomic E-state index is 11.2. The molecule has 1 atom stereocenters. The van der Waals surface area contributed by atoms with E-state index >= 15 is 0 Å². The van der Waals surface area contributed by atoms with Gasteiger partial charge in [0.05, 0.1) is 0 Å². The van der Waals surface area contributed by atoms with Gasteiger partial charge in [0.2, 0.25) is 0 Å². The molecule has 0 saturated carbocycles. The Morgan fingerprint density at radius 2 is 2.29 bits per heavy atom. The van der Waals surface area contributed by atoms with Crippen LogP contribution in [0.3, 0.4) is 0 Å². The topological polar surface area (TPSA) is 53.6 Å². The van der Waals surface area contributed by atoms with Crippen LogP contribution in [0.2, 0.25) is 0 Å². The van der Waals surface area contributed by atoms with Gasteiger partial charge >= 0.3 is 0 Å². The van der Waals surface area contributed by atoms with Crippen molar-refractivity contribution in [3.63, 3.8) is 0 Å². The lowest BCUT2D eigenvalue weighted by atomic mass is 10.2. The summed E-state index contributed by atoms with van der Waals surface area (Å²) in [5.74, 6) is 0.582. The molecule has 0 bridgehead atoms. The van der Waals surface area contributed by atoms with Crippen LogP contribution in [0.1, 0.15) is 20.3 Å². The predicted molar refractivity (Wildman–Crippen MR) is 84.7 cm³/mol. The maximum absolute atomic E-state index is 11.2. The Morgan fingerprint density at radius 3 is 2.95 bits per heavy atom. The van der Waals surface area contributed by atoms with E-state index in [1.165, 1.54) is 0 Å². The number of nitrogens with zero attached hydrogens (tertiary/aromatic N) is 1. The van der Waals surface area contributed by atoms with Crippen LogP contribution in [-0.4, -0.2) is 49.6 Å². The number of nitrogens with one attached hydrogen (secondary N) is 2. The van der Waals surface area contributed by atoms with Crippen molar-refractivity contribution < 1.29 is 9.53 Å². The third-order valence-electron chi connectivity index (χ3n) is 3.80. The minimum atomic E-state index is -0.128. The Labute approximate surface area is 126 Å². The highest BCUT2D eigenvalue weighted by Gasteiger charge is 2.23.